The normalized spacial score (nSPS) is 12.2. The van der Waals surface area contributed by atoms with E-state index in [0.29, 0.717) is 0 Å². The van der Waals surface area contributed by atoms with E-state index in [2.05, 4.69) is 522 Å². The van der Waals surface area contributed by atoms with Crippen LogP contribution in [0.1, 0.15) is 430 Å². The standard InChI is InChI=1S/C21H28.C20H26.C18H24.C15H24.3C14H22.6CH4/c1-20(2,3)18-11-7-16(8-12-18)15-17-9-13-19(14-10-17)21(4,5)6;1-19(2,3)17-11-7-15(8-12-17)16-9-13-18(14-10-16)20(4,5)6;1-17(2,3)15-9-7-13-8-10-16(18(4,5)6)12-14(13)11-15;1-11-10-12(14(2,3)4)8-9-13(11)15(5,6)7;1-13(2,3)11-7-9-12(10-8-11)14(4,5)6;1-13(2,3)11-8-7-9-12(10-11)14(4,5)6;1-13(2,3)11-9-7-8-10-12(11)14(4,5)6;;;;;;/h7-14H,15H2,1-6H3;7-14H,1-6H3;7-12H,1-6H3;8-10H,1-7H3;3*7-10H,1-6H3;6*1H4. The Labute approximate surface area is 760 Å². The summed E-state index contributed by atoms with van der Waals surface area (Å²) in [5, 5.41) is 2.69. The number of rotatable bonds is 3. The number of benzene rings is 10. The van der Waals surface area contributed by atoms with E-state index >= 15 is 0 Å². The van der Waals surface area contributed by atoms with Crippen molar-refractivity contribution in [3.05, 3.63) is 319 Å². The molecule has 0 amide bonds. The minimum atomic E-state index is 0. The van der Waals surface area contributed by atoms with Crippen LogP contribution in [0.5, 0.6) is 0 Å². The van der Waals surface area contributed by atoms with Gasteiger partial charge < -0.3 is 0 Å². The van der Waals surface area contributed by atoms with Crippen molar-refractivity contribution >= 4 is 10.8 Å². The fraction of sp³-hybridized carbons (Fsp3) is 0.525. The van der Waals surface area contributed by atoms with Crippen molar-refractivity contribution in [2.75, 3.05) is 0 Å². The molecule has 0 spiro atoms. The summed E-state index contributed by atoms with van der Waals surface area (Å²) in [6.45, 7) is 97.2. The Kier molecular flexibility index (Phi) is 44.3. The van der Waals surface area contributed by atoms with Gasteiger partial charge in [0, 0.05) is 0 Å². The molecule has 122 heavy (non-hydrogen) atoms. The summed E-state index contributed by atoms with van der Waals surface area (Å²) in [6.07, 6.45) is 1.01. The van der Waals surface area contributed by atoms with Gasteiger partial charge in [0.25, 0.3) is 0 Å². The van der Waals surface area contributed by atoms with Gasteiger partial charge in [0.2, 0.25) is 0 Å². The molecule has 0 bridgehead atoms. The lowest BCUT2D eigenvalue weighted by molar-refractivity contribution is 0.530. The molecule has 0 aliphatic carbocycles. The van der Waals surface area contributed by atoms with Gasteiger partial charge in [-0.3, -0.25) is 0 Å². The van der Waals surface area contributed by atoms with Gasteiger partial charge in [-0.25, -0.2) is 0 Å². The first-order valence-electron chi connectivity index (χ1n) is 43.7. The largest absolute Gasteiger partial charge is 0.0776 e. The lowest BCUT2D eigenvalue weighted by Crippen LogP contribution is -2.21. The smallest absolute Gasteiger partial charge is 0.00258 e. The van der Waals surface area contributed by atoms with E-state index in [4.69, 9.17) is 0 Å². The van der Waals surface area contributed by atoms with Gasteiger partial charge in [-0.2, -0.15) is 0 Å². The topological polar surface area (TPSA) is 0 Å². The second-order valence-corrected chi connectivity index (χ2v) is 47.7. The van der Waals surface area contributed by atoms with Crippen molar-refractivity contribution in [3.63, 3.8) is 0 Å². The van der Waals surface area contributed by atoms with Crippen LogP contribution in [0.4, 0.5) is 0 Å². The van der Waals surface area contributed by atoms with Crippen LogP contribution in [0.25, 0.3) is 21.9 Å². The first-order valence-corrected chi connectivity index (χ1v) is 43.7. The minimum Gasteiger partial charge on any atom is -0.0776 e. The van der Waals surface area contributed by atoms with Crippen LogP contribution in [0.2, 0.25) is 0 Å². The summed E-state index contributed by atoms with van der Waals surface area (Å²) < 4.78 is 0. The third kappa shape index (κ3) is 38.5. The van der Waals surface area contributed by atoms with Gasteiger partial charge in [0.05, 0.1) is 0 Å². The molecule has 0 unspecified atom stereocenters. The maximum Gasteiger partial charge on any atom is -0.00258 e. The number of hydrogen-bond acceptors (Lipinski definition) is 0. The molecular weight excluding hydrogens is 1470 g/mol. The summed E-state index contributed by atoms with van der Waals surface area (Å²) in [7, 11) is 0. The van der Waals surface area contributed by atoms with Crippen LogP contribution in [0.15, 0.2) is 224 Å². The molecule has 0 radical (unpaired) electrons. The molecule has 10 aromatic carbocycles. The van der Waals surface area contributed by atoms with Gasteiger partial charge >= 0.3 is 0 Å². The zero-order valence-electron chi connectivity index (χ0n) is 82.6. The molecular formula is C122H192. The van der Waals surface area contributed by atoms with E-state index in [0.717, 1.165) is 6.42 Å². The molecule has 680 valence electrons. The van der Waals surface area contributed by atoms with Crippen molar-refractivity contribution in [2.45, 2.75) is 425 Å². The van der Waals surface area contributed by atoms with Gasteiger partial charge in [-0.05, 0) is 206 Å². The Bertz CT molecular complexity index is 4370. The van der Waals surface area contributed by atoms with Crippen molar-refractivity contribution < 1.29 is 0 Å². The third-order valence-corrected chi connectivity index (χ3v) is 22.1. The van der Waals surface area contributed by atoms with E-state index in [1.807, 2.05) is 0 Å². The molecule has 0 N–H and O–H groups in total. The highest BCUT2D eigenvalue weighted by Crippen LogP contribution is 2.38. The lowest BCUT2D eigenvalue weighted by atomic mass is 9.75. The van der Waals surface area contributed by atoms with Crippen molar-refractivity contribution in [1.82, 2.24) is 0 Å². The summed E-state index contributed by atoms with van der Waals surface area (Å²) in [5.74, 6) is 0. The number of hydrogen-bond donors (Lipinski definition) is 0. The molecule has 0 saturated heterocycles. The molecule has 10 rings (SSSR count). The molecule has 10 aromatic rings. The number of fused-ring (bicyclic) bond motifs is 1. The van der Waals surface area contributed by atoms with Crippen LogP contribution in [0.3, 0.4) is 0 Å². The summed E-state index contributed by atoms with van der Waals surface area (Å²) >= 11 is 0. The van der Waals surface area contributed by atoms with Crippen LogP contribution in [0, 0.1) is 6.92 Å². The van der Waals surface area contributed by atoms with Crippen molar-refractivity contribution in [3.8, 4) is 11.1 Å². The summed E-state index contributed by atoms with van der Waals surface area (Å²) in [5.41, 5.74) is 29.9. The van der Waals surface area contributed by atoms with E-state index in [1.54, 1.807) is 0 Å². The molecule has 0 heterocycles. The third-order valence-electron chi connectivity index (χ3n) is 22.1. The van der Waals surface area contributed by atoms with E-state index in [9.17, 15) is 0 Å². The summed E-state index contributed by atoms with van der Waals surface area (Å²) in [6, 6.07) is 83.2. The molecule has 0 saturated carbocycles. The first-order chi connectivity index (χ1) is 52.3. The Hall–Kier alpha value is -7.54. The Morgan fingerprint density at radius 1 is 0.156 bits per heavy atom. The van der Waals surface area contributed by atoms with Gasteiger partial charge in [0.15, 0.2) is 0 Å². The zero-order chi connectivity index (χ0) is 89.0. The maximum absolute atomic E-state index is 2.34. The fourth-order valence-corrected chi connectivity index (χ4v) is 13.7. The molecule has 0 aliphatic rings. The molecule has 0 atom stereocenters. The van der Waals surface area contributed by atoms with Crippen molar-refractivity contribution in [1.29, 1.82) is 0 Å². The van der Waals surface area contributed by atoms with Crippen molar-refractivity contribution in [2.24, 2.45) is 0 Å². The quantitative estimate of drug-likeness (QED) is 0.165. The molecule has 0 nitrogen and oxygen atoms in total. The van der Waals surface area contributed by atoms with Gasteiger partial charge in [0.1, 0.15) is 0 Å². The number of aryl methyl sites for hydroxylation is 1. The average molecular weight is 1660 g/mol. The highest BCUT2D eigenvalue weighted by molar-refractivity contribution is 5.84. The van der Waals surface area contributed by atoms with Crippen LogP contribution in [-0.2, 0) is 82.2 Å². The summed E-state index contributed by atoms with van der Waals surface area (Å²) in [4.78, 5) is 0. The molecule has 0 aromatic heterocycles. The van der Waals surface area contributed by atoms with Crippen LogP contribution in [-0.4, -0.2) is 0 Å². The van der Waals surface area contributed by atoms with Crippen LogP contribution >= 0.6 is 0 Å². The second-order valence-electron chi connectivity index (χ2n) is 47.7. The Morgan fingerprint density at radius 3 is 0.574 bits per heavy atom. The highest BCUT2D eigenvalue weighted by Gasteiger charge is 2.27. The van der Waals surface area contributed by atoms with E-state index < -0.39 is 0 Å². The monoisotopic (exact) mass is 1660 g/mol. The molecule has 0 aliphatic heterocycles. The molecule has 0 fully saturated rings. The SMILES string of the molecule is C.C.C.C.C.C.CC(C)(C)c1ccc(-c2ccc(C(C)(C)C)cc2)cc1.CC(C)(C)c1ccc(C(C)(C)C)cc1.CC(C)(C)c1ccc(Cc2ccc(C(C)(C)C)cc2)cc1.CC(C)(C)c1ccc2ccc(C(C)(C)C)cc2c1.CC(C)(C)c1cccc(C(C)(C)C)c1.CC(C)(C)c1ccccc1C(C)(C)C.Cc1cc(C(C)(C)C)ccc1C(C)(C)C. The van der Waals surface area contributed by atoms with Crippen LogP contribution < -0.4 is 0 Å². The average Bonchev–Trinajstić information content (AvgIpc) is 0.815. The van der Waals surface area contributed by atoms with E-state index in [-0.39, 0.29) is 120 Å². The second kappa shape index (κ2) is 45.6. The fourth-order valence-electron chi connectivity index (χ4n) is 13.7. The predicted octanol–water partition coefficient (Wildman–Crippen LogP) is 38.5. The zero-order valence-corrected chi connectivity index (χ0v) is 82.6. The lowest BCUT2D eigenvalue weighted by Gasteiger charge is -2.29. The van der Waals surface area contributed by atoms with E-state index in [1.165, 1.54) is 116 Å². The highest BCUT2D eigenvalue weighted by atomic mass is 14.3. The maximum atomic E-state index is 2.34. The predicted molar refractivity (Wildman–Crippen MR) is 564 cm³/mol. The first kappa shape index (κ1) is 119. The Morgan fingerprint density at radius 2 is 0.352 bits per heavy atom. The van der Waals surface area contributed by atoms with Gasteiger partial charge in [-0.1, -0.05) is 560 Å². The Balaban J connectivity index is -0.00000135. The molecule has 0 heteroatoms. The van der Waals surface area contributed by atoms with Gasteiger partial charge in [-0.15, -0.1) is 0 Å². The minimum absolute atomic E-state index is 0.